The summed E-state index contributed by atoms with van der Waals surface area (Å²) in [6.45, 7) is 1.74. The number of aliphatic carboxylic acids is 1. The monoisotopic (exact) mass is 223 g/mol. The Hall–Kier alpha value is -1.78. The maximum atomic E-state index is 11.8. The van der Waals surface area contributed by atoms with Crippen molar-refractivity contribution in [2.24, 2.45) is 0 Å². The van der Waals surface area contributed by atoms with Gasteiger partial charge in [0.25, 0.3) is 5.91 Å². The second kappa shape index (κ2) is 3.66. The van der Waals surface area contributed by atoms with Crippen molar-refractivity contribution in [2.75, 3.05) is 0 Å². The molecule has 1 saturated carbocycles. The van der Waals surface area contributed by atoms with Gasteiger partial charge < -0.3 is 14.8 Å². The van der Waals surface area contributed by atoms with Crippen molar-refractivity contribution in [3.8, 4) is 0 Å². The van der Waals surface area contributed by atoms with Crippen LogP contribution in [0.4, 0.5) is 0 Å². The summed E-state index contributed by atoms with van der Waals surface area (Å²) < 4.78 is 5.02. The number of rotatable bonds is 3. The fraction of sp³-hybridized carbons (Fsp3) is 0.455. The zero-order chi connectivity index (χ0) is 11.8. The maximum Gasteiger partial charge on any atom is 0.329 e. The fourth-order valence-electron chi connectivity index (χ4n) is 1.80. The highest BCUT2D eigenvalue weighted by Gasteiger charge is 2.46. The average Bonchev–Trinajstić information content (AvgIpc) is 2.57. The Labute approximate surface area is 92.4 Å². The number of hydrogen-bond donors (Lipinski definition) is 2. The van der Waals surface area contributed by atoms with Gasteiger partial charge in [0.1, 0.15) is 5.54 Å². The summed E-state index contributed by atoms with van der Waals surface area (Å²) in [5.41, 5.74) is -0.381. The first-order valence-electron chi connectivity index (χ1n) is 5.15. The van der Waals surface area contributed by atoms with Gasteiger partial charge in [0.05, 0.1) is 6.26 Å². The third kappa shape index (κ3) is 1.58. The first-order chi connectivity index (χ1) is 7.55. The molecule has 1 aromatic rings. The molecule has 2 rings (SSSR count). The Kier molecular flexibility index (Phi) is 2.46. The van der Waals surface area contributed by atoms with Crippen molar-refractivity contribution in [2.45, 2.75) is 31.7 Å². The topological polar surface area (TPSA) is 79.5 Å². The fourth-order valence-corrected chi connectivity index (χ4v) is 1.80. The van der Waals surface area contributed by atoms with Crippen molar-refractivity contribution in [1.29, 1.82) is 0 Å². The standard InChI is InChI=1S/C11H13NO4/c1-7-3-6-16-8(7)9(13)12-11(10(14)15)4-2-5-11/h3,6H,2,4-5H2,1H3,(H,12,13)(H,14,15). The first kappa shape index (κ1) is 10.7. The highest BCUT2D eigenvalue weighted by atomic mass is 16.4. The van der Waals surface area contributed by atoms with E-state index in [2.05, 4.69) is 5.32 Å². The minimum Gasteiger partial charge on any atom is -0.480 e. The van der Waals surface area contributed by atoms with Gasteiger partial charge in [-0.15, -0.1) is 0 Å². The number of carbonyl (C=O) groups excluding carboxylic acids is 1. The lowest BCUT2D eigenvalue weighted by atomic mass is 9.76. The van der Waals surface area contributed by atoms with Crippen LogP contribution in [0.2, 0.25) is 0 Å². The second-order valence-corrected chi connectivity index (χ2v) is 4.13. The Balaban J connectivity index is 2.13. The van der Waals surface area contributed by atoms with Crippen molar-refractivity contribution in [3.63, 3.8) is 0 Å². The normalized spacial score (nSPS) is 17.6. The number of nitrogens with one attached hydrogen (secondary N) is 1. The molecule has 0 radical (unpaired) electrons. The van der Waals surface area contributed by atoms with Gasteiger partial charge in [0.2, 0.25) is 0 Å². The summed E-state index contributed by atoms with van der Waals surface area (Å²) in [7, 11) is 0. The van der Waals surface area contributed by atoms with Crippen LogP contribution in [0.5, 0.6) is 0 Å². The largest absolute Gasteiger partial charge is 0.480 e. The van der Waals surface area contributed by atoms with Gasteiger partial charge in [-0.1, -0.05) is 0 Å². The molecule has 0 bridgehead atoms. The van der Waals surface area contributed by atoms with Crippen molar-refractivity contribution < 1.29 is 19.1 Å². The molecule has 1 aromatic heterocycles. The number of amides is 1. The van der Waals surface area contributed by atoms with Crippen molar-refractivity contribution >= 4 is 11.9 Å². The summed E-state index contributed by atoms with van der Waals surface area (Å²) >= 11 is 0. The number of carboxylic acid groups (broad SMARTS) is 1. The van der Waals surface area contributed by atoms with Gasteiger partial charge in [-0.05, 0) is 32.3 Å². The third-order valence-electron chi connectivity index (χ3n) is 3.04. The van der Waals surface area contributed by atoms with Crippen LogP contribution in [0, 0.1) is 6.92 Å². The molecule has 0 saturated heterocycles. The predicted molar refractivity (Wildman–Crippen MR) is 55.1 cm³/mol. The lowest BCUT2D eigenvalue weighted by molar-refractivity contribution is -0.148. The molecular formula is C11H13NO4. The molecule has 1 amide bonds. The zero-order valence-corrected chi connectivity index (χ0v) is 8.95. The van der Waals surface area contributed by atoms with E-state index in [1.807, 2.05) is 0 Å². The van der Waals surface area contributed by atoms with Crippen LogP contribution in [-0.2, 0) is 4.79 Å². The summed E-state index contributed by atoms with van der Waals surface area (Å²) in [5.74, 6) is -1.24. The van der Waals surface area contributed by atoms with E-state index in [0.717, 1.165) is 6.42 Å². The molecule has 0 atom stereocenters. The van der Waals surface area contributed by atoms with Crippen LogP contribution in [0.1, 0.15) is 35.4 Å². The molecule has 5 nitrogen and oxygen atoms in total. The SMILES string of the molecule is Cc1ccoc1C(=O)NC1(C(=O)O)CCC1. The van der Waals surface area contributed by atoms with Crippen LogP contribution in [-0.4, -0.2) is 22.5 Å². The Morgan fingerprint density at radius 3 is 2.56 bits per heavy atom. The highest BCUT2D eigenvalue weighted by Crippen LogP contribution is 2.32. The van der Waals surface area contributed by atoms with Crippen molar-refractivity contribution in [3.05, 3.63) is 23.7 Å². The number of aryl methyl sites for hydroxylation is 1. The van der Waals surface area contributed by atoms with Gasteiger partial charge in [0.15, 0.2) is 5.76 Å². The van der Waals surface area contributed by atoms with Gasteiger partial charge in [-0.25, -0.2) is 4.79 Å². The van der Waals surface area contributed by atoms with Gasteiger partial charge in [-0.3, -0.25) is 4.79 Å². The Morgan fingerprint density at radius 2 is 2.19 bits per heavy atom. The van der Waals surface area contributed by atoms with E-state index in [0.29, 0.717) is 18.4 Å². The van der Waals surface area contributed by atoms with Gasteiger partial charge in [0, 0.05) is 5.56 Å². The molecule has 0 aromatic carbocycles. The second-order valence-electron chi connectivity index (χ2n) is 4.13. The molecular weight excluding hydrogens is 210 g/mol. The predicted octanol–water partition coefficient (Wildman–Crippen LogP) is 1.33. The maximum absolute atomic E-state index is 11.8. The first-order valence-corrected chi connectivity index (χ1v) is 5.15. The molecule has 0 unspecified atom stereocenters. The van der Waals surface area contributed by atoms with Gasteiger partial charge in [-0.2, -0.15) is 0 Å². The summed E-state index contributed by atoms with van der Waals surface area (Å²) in [6, 6.07) is 1.67. The minimum absolute atomic E-state index is 0.188. The van der Waals surface area contributed by atoms with E-state index in [4.69, 9.17) is 9.52 Å². The molecule has 1 aliphatic carbocycles. The average molecular weight is 223 g/mol. The lowest BCUT2D eigenvalue weighted by Crippen LogP contribution is -2.59. The third-order valence-corrected chi connectivity index (χ3v) is 3.04. The van der Waals surface area contributed by atoms with Crippen LogP contribution < -0.4 is 5.32 Å². The molecule has 1 fully saturated rings. The molecule has 1 heterocycles. The van der Waals surface area contributed by atoms with Crippen LogP contribution in [0.15, 0.2) is 16.7 Å². The summed E-state index contributed by atoms with van der Waals surface area (Å²) in [4.78, 5) is 22.8. The molecule has 86 valence electrons. The smallest absolute Gasteiger partial charge is 0.329 e. The highest BCUT2D eigenvalue weighted by molar-refractivity contribution is 5.97. The van der Waals surface area contributed by atoms with E-state index in [1.165, 1.54) is 6.26 Å². The zero-order valence-electron chi connectivity index (χ0n) is 8.95. The van der Waals surface area contributed by atoms with Crippen LogP contribution >= 0.6 is 0 Å². The van der Waals surface area contributed by atoms with E-state index >= 15 is 0 Å². The molecule has 16 heavy (non-hydrogen) atoms. The lowest BCUT2D eigenvalue weighted by Gasteiger charge is -2.37. The number of hydrogen-bond acceptors (Lipinski definition) is 3. The van der Waals surface area contributed by atoms with Crippen molar-refractivity contribution in [1.82, 2.24) is 5.32 Å². The number of furan rings is 1. The minimum atomic E-state index is -1.09. The Bertz CT molecular complexity index is 431. The molecule has 0 aliphatic heterocycles. The molecule has 2 N–H and O–H groups in total. The molecule has 1 aliphatic rings. The van der Waals surface area contributed by atoms with Crippen LogP contribution in [0.3, 0.4) is 0 Å². The van der Waals surface area contributed by atoms with E-state index in [9.17, 15) is 9.59 Å². The number of carbonyl (C=O) groups is 2. The summed E-state index contributed by atoms with van der Waals surface area (Å²) in [6.07, 6.45) is 3.20. The van der Waals surface area contributed by atoms with Gasteiger partial charge >= 0.3 is 5.97 Å². The van der Waals surface area contributed by atoms with E-state index in [-0.39, 0.29) is 5.76 Å². The van der Waals surface area contributed by atoms with Crippen LogP contribution in [0.25, 0.3) is 0 Å². The van der Waals surface area contributed by atoms with E-state index in [1.54, 1.807) is 13.0 Å². The summed E-state index contributed by atoms with van der Waals surface area (Å²) in [5, 5.41) is 11.6. The molecule has 5 heteroatoms. The quantitative estimate of drug-likeness (QED) is 0.810. The Morgan fingerprint density at radius 1 is 1.50 bits per heavy atom. The van der Waals surface area contributed by atoms with E-state index < -0.39 is 17.4 Å². The number of carboxylic acids is 1. The molecule has 0 spiro atoms.